The van der Waals surface area contributed by atoms with Gasteiger partial charge in [-0.05, 0) is 6.92 Å². The summed E-state index contributed by atoms with van der Waals surface area (Å²) in [6, 6.07) is 2.09. The maximum atomic E-state index is 11.0. The quantitative estimate of drug-likeness (QED) is 0.431. The number of rotatable bonds is 9. The lowest BCUT2D eigenvalue weighted by molar-refractivity contribution is -0.141. The zero-order chi connectivity index (χ0) is 12.2. The van der Waals surface area contributed by atoms with E-state index in [9.17, 15) is 4.79 Å². The molecule has 0 aromatic rings. The molecule has 0 aromatic carbocycles. The molecule has 0 aliphatic carbocycles. The Hall–Kier alpha value is -1.12. The molecule has 0 rings (SSSR count). The van der Waals surface area contributed by atoms with Gasteiger partial charge >= 0.3 is 5.97 Å². The van der Waals surface area contributed by atoms with E-state index < -0.39 is 0 Å². The third kappa shape index (κ3) is 8.21. The van der Waals surface area contributed by atoms with E-state index in [1.165, 1.54) is 7.11 Å². The summed E-state index contributed by atoms with van der Waals surface area (Å²) in [6.45, 7) is 5.27. The van der Waals surface area contributed by atoms with E-state index in [0.29, 0.717) is 39.1 Å². The molecule has 0 bridgehead atoms. The van der Waals surface area contributed by atoms with Crippen LogP contribution in [-0.2, 0) is 14.3 Å². The Balaban J connectivity index is 3.80. The second-order valence-corrected chi connectivity index (χ2v) is 3.27. The molecule has 0 N–H and O–H groups in total. The van der Waals surface area contributed by atoms with E-state index in [4.69, 9.17) is 10.00 Å². The minimum absolute atomic E-state index is 0.224. The molecule has 0 amide bonds. The lowest BCUT2D eigenvalue weighted by Crippen LogP contribution is -2.31. The average molecular weight is 228 g/mol. The molecule has 0 saturated carbocycles. The zero-order valence-corrected chi connectivity index (χ0v) is 10.1. The van der Waals surface area contributed by atoms with Gasteiger partial charge in [0.15, 0.2) is 0 Å². The maximum Gasteiger partial charge on any atom is 0.306 e. The molecule has 0 aliphatic heterocycles. The molecule has 0 heterocycles. The first kappa shape index (κ1) is 14.9. The molecule has 0 aromatic heterocycles. The number of ether oxygens (including phenoxy) is 2. The van der Waals surface area contributed by atoms with E-state index in [0.717, 1.165) is 6.54 Å². The van der Waals surface area contributed by atoms with Crippen LogP contribution in [0, 0.1) is 11.3 Å². The van der Waals surface area contributed by atoms with Crippen molar-refractivity contribution in [3.05, 3.63) is 0 Å². The Bertz CT molecular complexity index is 226. The Morgan fingerprint density at radius 2 is 2.12 bits per heavy atom. The fraction of sp³-hybridized carbons (Fsp3) is 0.818. The molecule has 5 nitrogen and oxygen atoms in total. The molecule has 0 radical (unpaired) electrons. The lowest BCUT2D eigenvalue weighted by atomic mass is 10.3. The monoisotopic (exact) mass is 228 g/mol. The number of hydrogen-bond donors (Lipinski definition) is 0. The molecular weight excluding hydrogens is 208 g/mol. The maximum absolute atomic E-state index is 11.0. The van der Waals surface area contributed by atoms with Crippen LogP contribution in [0.2, 0.25) is 0 Å². The van der Waals surface area contributed by atoms with Crippen LogP contribution in [0.15, 0.2) is 0 Å². The summed E-state index contributed by atoms with van der Waals surface area (Å²) in [7, 11) is 1.38. The summed E-state index contributed by atoms with van der Waals surface area (Å²) in [5.41, 5.74) is 0. The van der Waals surface area contributed by atoms with Crippen LogP contribution in [0.1, 0.15) is 19.8 Å². The van der Waals surface area contributed by atoms with E-state index in [1.807, 2.05) is 11.8 Å². The molecule has 0 fully saturated rings. The first-order chi connectivity index (χ1) is 7.74. The number of carbonyl (C=O) groups excluding carboxylic acids is 1. The van der Waals surface area contributed by atoms with Gasteiger partial charge in [0.1, 0.15) is 0 Å². The summed E-state index contributed by atoms with van der Waals surface area (Å²) < 4.78 is 9.81. The van der Waals surface area contributed by atoms with E-state index in [-0.39, 0.29) is 5.97 Å². The average Bonchev–Trinajstić information content (AvgIpc) is 2.31. The second-order valence-electron chi connectivity index (χ2n) is 3.27. The largest absolute Gasteiger partial charge is 0.469 e. The summed E-state index contributed by atoms with van der Waals surface area (Å²) in [4.78, 5) is 13.0. The van der Waals surface area contributed by atoms with Gasteiger partial charge in [0.2, 0.25) is 0 Å². The molecule has 16 heavy (non-hydrogen) atoms. The van der Waals surface area contributed by atoms with Gasteiger partial charge in [-0.2, -0.15) is 5.26 Å². The molecule has 0 spiro atoms. The lowest BCUT2D eigenvalue weighted by Gasteiger charge is -2.20. The normalized spacial score (nSPS) is 10.1. The number of nitriles is 1. The van der Waals surface area contributed by atoms with E-state index in [1.54, 1.807) is 0 Å². The number of nitrogens with zero attached hydrogens (tertiary/aromatic N) is 2. The summed E-state index contributed by atoms with van der Waals surface area (Å²) >= 11 is 0. The first-order valence-electron chi connectivity index (χ1n) is 5.48. The third-order valence-corrected chi connectivity index (χ3v) is 2.16. The highest BCUT2D eigenvalue weighted by atomic mass is 16.5. The fourth-order valence-electron chi connectivity index (χ4n) is 1.23. The molecule has 5 heteroatoms. The number of hydrogen-bond acceptors (Lipinski definition) is 5. The Labute approximate surface area is 96.9 Å². The Morgan fingerprint density at radius 1 is 1.38 bits per heavy atom. The van der Waals surface area contributed by atoms with Gasteiger partial charge < -0.3 is 9.47 Å². The fourth-order valence-corrected chi connectivity index (χ4v) is 1.23. The second kappa shape index (κ2) is 10.4. The van der Waals surface area contributed by atoms with Gasteiger partial charge in [0, 0.05) is 32.7 Å². The summed E-state index contributed by atoms with van der Waals surface area (Å²) in [5, 5.41) is 8.51. The Morgan fingerprint density at radius 3 is 2.69 bits per heavy atom. The zero-order valence-electron chi connectivity index (χ0n) is 10.1. The van der Waals surface area contributed by atoms with Gasteiger partial charge in [-0.1, -0.05) is 0 Å². The molecule has 0 unspecified atom stereocenters. The number of esters is 1. The topological polar surface area (TPSA) is 62.6 Å². The smallest absolute Gasteiger partial charge is 0.306 e. The van der Waals surface area contributed by atoms with Crippen molar-refractivity contribution in [3.63, 3.8) is 0 Å². The van der Waals surface area contributed by atoms with Gasteiger partial charge in [0.25, 0.3) is 0 Å². The predicted octanol–water partition coefficient (Wildman–Crippen LogP) is 0.802. The third-order valence-electron chi connectivity index (χ3n) is 2.16. The highest BCUT2D eigenvalue weighted by Crippen LogP contribution is 1.96. The van der Waals surface area contributed by atoms with Crippen LogP contribution in [-0.4, -0.2) is 50.8 Å². The van der Waals surface area contributed by atoms with Gasteiger partial charge in [-0.25, -0.2) is 0 Å². The number of methoxy groups -OCH3 is 1. The van der Waals surface area contributed by atoms with Crippen molar-refractivity contribution in [2.45, 2.75) is 19.8 Å². The Kier molecular flexibility index (Phi) is 9.67. The van der Waals surface area contributed by atoms with Crippen molar-refractivity contribution in [3.8, 4) is 6.07 Å². The molecule has 0 aliphatic rings. The van der Waals surface area contributed by atoms with Gasteiger partial charge in [0.05, 0.1) is 26.2 Å². The SMILES string of the molecule is CCOCCN(CCC#N)CCC(=O)OC. The number of carbonyl (C=O) groups is 1. The highest BCUT2D eigenvalue weighted by molar-refractivity contribution is 5.69. The van der Waals surface area contributed by atoms with Crippen LogP contribution < -0.4 is 0 Å². The minimum Gasteiger partial charge on any atom is -0.469 e. The van der Waals surface area contributed by atoms with Crippen molar-refractivity contribution < 1.29 is 14.3 Å². The van der Waals surface area contributed by atoms with Crippen molar-refractivity contribution in [2.24, 2.45) is 0 Å². The van der Waals surface area contributed by atoms with Gasteiger partial charge in [-0.3, -0.25) is 9.69 Å². The van der Waals surface area contributed by atoms with E-state index in [2.05, 4.69) is 10.8 Å². The van der Waals surface area contributed by atoms with E-state index >= 15 is 0 Å². The van der Waals surface area contributed by atoms with Crippen LogP contribution in [0.3, 0.4) is 0 Å². The van der Waals surface area contributed by atoms with Crippen molar-refractivity contribution in [1.29, 1.82) is 5.26 Å². The van der Waals surface area contributed by atoms with Crippen molar-refractivity contribution in [2.75, 3.05) is 40.0 Å². The van der Waals surface area contributed by atoms with Crippen LogP contribution in [0.25, 0.3) is 0 Å². The minimum atomic E-state index is -0.224. The molecule has 0 atom stereocenters. The van der Waals surface area contributed by atoms with Crippen LogP contribution in [0.4, 0.5) is 0 Å². The van der Waals surface area contributed by atoms with Crippen molar-refractivity contribution in [1.82, 2.24) is 4.90 Å². The molecule has 92 valence electrons. The molecule has 0 saturated heterocycles. The first-order valence-corrected chi connectivity index (χ1v) is 5.48. The summed E-state index contributed by atoms with van der Waals surface area (Å²) in [5.74, 6) is -0.224. The summed E-state index contributed by atoms with van der Waals surface area (Å²) in [6.07, 6.45) is 0.821. The highest BCUT2D eigenvalue weighted by Gasteiger charge is 2.07. The standard InChI is InChI=1S/C11H20N2O3/c1-3-16-10-9-13(7-4-6-12)8-5-11(14)15-2/h3-5,7-10H2,1-2H3. The molecular formula is C11H20N2O3. The van der Waals surface area contributed by atoms with Crippen LogP contribution >= 0.6 is 0 Å². The van der Waals surface area contributed by atoms with Crippen LogP contribution in [0.5, 0.6) is 0 Å². The predicted molar refractivity (Wildman–Crippen MR) is 59.8 cm³/mol. The van der Waals surface area contributed by atoms with Gasteiger partial charge in [-0.15, -0.1) is 0 Å². The van der Waals surface area contributed by atoms with Crippen molar-refractivity contribution >= 4 is 5.97 Å².